The third-order valence-corrected chi connectivity index (χ3v) is 6.68. The van der Waals surface area contributed by atoms with E-state index in [1.54, 1.807) is 0 Å². The Morgan fingerprint density at radius 3 is 2.14 bits per heavy atom. The Hall–Kier alpha value is -2.17. The second-order valence-electron chi connectivity index (χ2n) is 8.62. The smallest absolute Gasteiger partial charge is 0.257 e. The van der Waals surface area contributed by atoms with Crippen molar-refractivity contribution in [1.82, 2.24) is 10.2 Å². The maximum Gasteiger partial charge on any atom is 0.257 e. The zero-order chi connectivity index (χ0) is 20.1. The van der Waals surface area contributed by atoms with Crippen molar-refractivity contribution < 1.29 is 9.90 Å². The number of hydrogen-bond acceptors (Lipinski definition) is 3. The molecule has 4 nitrogen and oxygen atoms in total. The standard InChI is InChI=1S/C25H32N2O2/c28-24(25(29,22-13-7-8-14-22)21-11-5-2-6-12-21)26-23-15-17-27(18-16-23)19-20-9-3-1-4-10-20/h1-6,9-12,22-23,29H,7-8,13-19H2,(H,26,28). The molecule has 1 amide bonds. The van der Waals surface area contributed by atoms with Crippen LogP contribution in [-0.2, 0) is 16.9 Å². The fraction of sp³-hybridized carbons (Fsp3) is 0.480. The van der Waals surface area contributed by atoms with E-state index in [0.717, 1.165) is 63.7 Å². The maximum absolute atomic E-state index is 13.3. The number of piperidine rings is 1. The molecule has 2 fully saturated rings. The molecule has 1 atom stereocenters. The Bertz CT molecular complexity index is 781. The van der Waals surface area contributed by atoms with Crippen molar-refractivity contribution in [3.63, 3.8) is 0 Å². The van der Waals surface area contributed by atoms with Crippen LogP contribution in [0.15, 0.2) is 60.7 Å². The molecular weight excluding hydrogens is 360 g/mol. The van der Waals surface area contributed by atoms with Gasteiger partial charge in [0.05, 0.1) is 0 Å². The van der Waals surface area contributed by atoms with Gasteiger partial charge in [-0.15, -0.1) is 0 Å². The Morgan fingerprint density at radius 2 is 1.52 bits per heavy atom. The number of hydrogen-bond donors (Lipinski definition) is 2. The van der Waals surface area contributed by atoms with Crippen LogP contribution in [0.5, 0.6) is 0 Å². The fourth-order valence-electron chi connectivity index (χ4n) is 4.96. The summed E-state index contributed by atoms with van der Waals surface area (Å²) in [5.74, 6) is -0.208. The highest BCUT2D eigenvalue weighted by Crippen LogP contribution is 2.41. The number of likely N-dealkylation sites (tertiary alicyclic amines) is 1. The molecule has 1 aliphatic heterocycles. The van der Waals surface area contributed by atoms with Crippen LogP contribution in [0.2, 0.25) is 0 Å². The number of aliphatic hydroxyl groups is 1. The van der Waals surface area contributed by atoms with Gasteiger partial charge >= 0.3 is 0 Å². The topological polar surface area (TPSA) is 52.6 Å². The summed E-state index contributed by atoms with van der Waals surface area (Å²) in [6.45, 7) is 2.89. The van der Waals surface area contributed by atoms with E-state index < -0.39 is 5.60 Å². The summed E-state index contributed by atoms with van der Waals surface area (Å²) in [5.41, 5.74) is 0.638. The SMILES string of the molecule is O=C(NC1CCN(Cc2ccccc2)CC1)C(O)(c1ccccc1)C1CCCC1. The largest absolute Gasteiger partial charge is 0.375 e. The van der Waals surface area contributed by atoms with Crippen LogP contribution in [0.1, 0.15) is 49.7 Å². The first-order valence-corrected chi connectivity index (χ1v) is 11.0. The van der Waals surface area contributed by atoms with Gasteiger partial charge in [0.15, 0.2) is 5.60 Å². The lowest BCUT2D eigenvalue weighted by atomic mass is 9.79. The van der Waals surface area contributed by atoms with Crippen molar-refractivity contribution >= 4 is 5.91 Å². The Labute approximate surface area is 173 Å². The number of amides is 1. The molecule has 4 heteroatoms. The van der Waals surface area contributed by atoms with Gasteiger partial charge in [0, 0.05) is 31.6 Å². The summed E-state index contributed by atoms with van der Waals surface area (Å²) in [5, 5.41) is 14.8. The second-order valence-corrected chi connectivity index (χ2v) is 8.62. The second kappa shape index (κ2) is 9.10. The van der Waals surface area contributed by atoms with E-state index in [0.29, 0.717) is 0 Å². The van der Waals surface area contributed by atoms with E-state index in [9.17, 15) is 9.90 Å². The first-order valence-electron chi connectivity index (χ1n) is 11.0. The molecule has 1 heterocycles. The molecule has 2 aromatic carbocycles. The summed E-state index contributed by atoms with van der Waals surface area (Å²) in [4.78, 5) is 15.8. The van der Waals surface area contributed by atoms with Crippen molar-refractivity contribution in [2.45, 2.75) is 56.7 Å². The van der Waals surface area contributed by atoms with Gasteiger partial charge in [0.1, 0.15) is 0 Å². The number of benzene rings is 2. The molecule has 2 aromatic rings. The lowest BCUT2D eigenvalue weighted by Gasteiger charge is -2.37. The molecule has 0 aromatic heterocycles. The lowest BCUT2D eigenvalue weighted by molar-refractivity contribution is -0.148. The number of rotatable bonds is 6. The molecule has 29 heavy (non-hydrogen) atoms. The Kier molecular flexibility index (Phi) is 6.31. The van der Waals surface area contributed by atoms with Crippen molar-refractivity contribution in [3.05, 3.63) is 71.8 Å². The molecule has 0 spiro atoms. The molecule has 1 saturated carbocycles. The molecule has 2 N–H and O–H groups in total. The monoisotopic (exact) mass is 392 g/mol. The van der Waals surface area contributed by atoms with Crippen LogP contribution in [0.25, 0.3) is 0 Å². The highest BCUT2D eigenvalue weighted by Gasteiger charge is 2.46. The van der Waals surface area contributed by atoms with Crippen LogP contribution in [0.4, 0.5) is 0 Å². The highest BCUT2D eigenvalue weighted by molar-refractivity contribution is 5.87. The molecule has 2 aliphatic rings. The minimum absolute atomic E-state index is 0.00284. The average molecular weight is 393 g/mol. The predicted octanol–water partition coefficient (Wildman–Crippen LogP) is 3.85. The zero-order valence-corrected chi connectivity index (χ0v) is 17.1. The first kappa shape index (κ1) is 20.1. The molecule has 4 rings (SSSR count). The van der Waals surface area contributed by atoms with Crippen LogP contribution in [-0.4, -0.2) is 35.0 Å². The number of nitrogens with zero attached hydrogens (tertiary/aromatic N) is 1. The molecule has 1 aliphatic carbocycles. The zero-order valence-electron chi connectivity index (χ0n) is 17.1. The van der Waals surface area contributed by atoms with E-state index in [-0.39, 0.29) is 17.9 Å². The summed E-state index contributed by atoms with van der Waals surface area (Å²) < 4.78 is 0. The van der Waals surface area contributed by atoms with Gasteiger partial charge in [-0.3, -0.25) is 9.69 Å². The number of carbonyl (C=O) groups is 1. The summed E-state index contributed by atoms with van der Waals surface area (Å²) in [6.07, 6.45) is 5.85. The van der Waals surface area contributed by atoms with Crippen LogP contribution in [0, 0.1) is 5.92 Å². The van der Waals surface area contributed by atoms with E-state index in [1.165, 1.54) is 5.56 Å². The first-order chi connectivity index (χ1) is 14.2. The Balaban J connectivity index is 1.38. The fourth-order valence-corrected chi connectivity index (χ4v) is 4.96. The van der Waals surface area contributed by atoms with Gasteiger partial charge in [-0.2, -0.15) is 0 Å². The van der Waals surface area contributed by atoms with Crippen LogP contribution < -0.4 is 5.32 Å². The molecule has 1 unspecified atom stereocenters. The van der Waals surface area contributed by atoms with E-state index in [1.807, 2.05) is 36.4 Å². The molecule has 0 bridgehead atoms. The molecule has 1 saturated heterocycles. The molecule has 154 valence electrons. The number of nitrogens with one attached hydrogen (secondary N) is 1. The van der Waals surface area contributed by atoms with Gasteiger partial charge in [-0.05, 0) is 36.8 Å². The van der Waals surface area contributed by atoms with Crippen molar-refractivity contribution in [3.8, 4) is 0 Å². The van der Waals surface area contributed by atoms with E-state index in [2.05, 4.69) is 34.5 Å². The Morgan fingerprint density at radius 1 is 0.931 bits per heavy atom. The minimum atomic E-state index is -1.42. The lowest BCUT2D eigenvalue weighted by Crippen LogP contribution is -2.54. The summed E-state index contributed by atoms with van der Waals surface area (Å²) in [6, 6.07) is 20.2. The van der Waals surface area contributed by atoms with Crippen molar-refractivity contribution in [2.75, 3.05) is 13.1 Å². The summed E-state index contributed by atoms with van der Waals surface area (Å²) in [7, 11) is 0. The van der Waals surface area contributed by atoms with Gasteiger partial charge in [0.2, 0.25) is 0 Å². The van der Waals surface area contributed by atoms with Crippen molar-refractivity contribution in [1.29, 1.82) is 0 Å². The highest BCUT2D eigenvalue weighted by atomic mass is 16.3. The van der Waals surface area contributed by atoms with Crippen LogP contribution in [0.3, 0.4) is 0 Å². The number of carbonyl (C=O) groups excluding carboxylic acids is 1. The van der Waals surface area contributed by atoms with Gasteiger partial charge in [0.25, 0.3) is 5.91 Å². The van der Waals surface area contributed by atoms with E-state index >= 15 is 0 Å². The van der Waals surface area contributed by atoms with Crippen molar-refractivity contribution in [2.24, 2.45) is 5.92 Å². The quantitative estimate of drug-likeness (QED) is 0.785. The predicted molar refractivity (Wildman–Crippen MR) is 115 cm³/mol. The normalized spacial score (nSPS) is 21.0. The maximum atomic E-state index is 13.3. The third-order valence-electron chi connectivity index (χ3n) is 6.68. The average Bonchev–Trinajstić information content (AvgIpc) is 3.31. The molecular formula is C25H32N2O2. The minimum Gasteiger partial charge on any atom is -0.375 e. The third kappa shape index (κ3) is 4.54. The van der Waals surface area contributed by atoms with Gasteiger partial charge in [-0.25, -0.2) is 0 Å². The van der Waals surface area contributed by atoms with Crippen LogP contribution >= 0.6 is 0 Å². The van der Waals surface area contributed by atoms with Gasteiger partial charge in [-0.1, -0.05) is 73.5 Å². The van der Waals surface area contributed by atoms with Gasteiger partial charge < -0.3 is 10.4 Å². The summed E-state index contributed by atoms with van der Waals surface area (Å²) >= 11 is 0. The van der Waals surface area contributed by atoms with E-state index in [4.69, 9.17) is 0 Å². The molecule has 0 radical (unpaired) electrons.